The molecule has 1 aliphatic rings. The smallest absolute Gasteiger partial charge is 0.270 e. The maximum Gasteiger partial charge on any atom is 0.270 e. The van der Waals surface area contributed by atoms with E-state index in [0.29, 0.717) is 27.0 Å². The first-order valence-corrected chi connectivity index (χ1v) is 10.6. The highest BCUT2D eigenvalue weighted by Crippen LogP contribution is 2.31. The first-order valence-electron chi connectivity index (χ1n) is 9.41. The number of rotatable bonds is 4. The molecule has 4 rings (SSSR count). The zero-order chi connectivity index (χ0) is 23.2. The largest absolute Gasteiger partial charge is 0.368 e. The van der Waals surface area contributed by atoms with Crippen molar-refractivity contribution >= 4 is 80.9 Å². The van der Waals surface area contributed by atoms with E-state index in [1.54, 1.807) is 11.5 Å². The van der Waals surface area contributed by atoms with Gasteiger partial charge < -0.3 is 10.3 Å². The molecule has 0 bridgehead atoms. The minimum absolute atomic E-state index is 0.0348. The molecule has 3 amide bonds. The minimum atomic E-state index is -0.629. The van der Waals surface area contributed by atoms with Crippen LogP contribution in [0, 0.1) is 6.92 Å². The summed E-state index contributed by atoms with van der Waals surface area (Å²) in [5.74, 6) is -1.76. The third-order valence-electron chi connectivity index (χ3n) is 5.09. The molecule has 1 aromatic heterocycles. The normalized spacial score (nSPS) is 15.5. The fraction of sp³-hybridized carbons (Fsp3) is 0.0909. The Kier molecular flexibility index (Phi) is 5.77. The Balaban J connectivity index is 1.87. The van der Waals surface area contributed by atoms with Gasteiger partial charge in [-0.15, -0.1) is 0 Å². The van der Waals surface area contributed by atoms with Crippen LogP contribution in [-0.2, 0) is 20.9 Å². The van der Waals surface area contributed by atoms with E-state index in [-0.39, 0.29) is 17.2 Å². The van der Waals surface area contributed by atoms with E-state index in [1.165, 1.54) is 24.3 Å². The van der Waals surface area contributed by atoms with Gasteiger partial charge in [0.15, 0.2) is 5.11 Å². The highest BCUT2D eigenvalue weighted by Gasteiger charge is 2.35. The van der Waals surface area contributed by atoms with Crippen LogP contribution in [0.15, 0.2) is 48.0 Å². The third kappa shape index (κ3) is 3.88. The number of anilines is 1. The van der Waals surface area contributed by atoms with Gasteiger partial charge in [-0.2, -0.15) is 0 Å². The molecule has 1 saturated heterocycles. The van der Waals surface area contributed by atoms with Gasteiger partial charge in [-0.3, -0.25) is 24.6 Å². The SMILES string of the molecule is Cc1c(/C=C2\C(=O)NC(=S)N(c3cc(Cl)cc(Cl)c3)C2=O)c2ccccc2n1CC(N)=O. The summed E-state index contributed by atoms with van der Waals surface area (Å²) in [6.07, 6.45) is 1.49. The monoisotopic (exact) mass is 486 g/mol. The topological polar surface area (TPSA) is 97.4 Å². The Morgan fingerprint density at radius 1 is 1.16 bits per heavy atom. The molecule has 0 aliphatic carbocycles. The molecule has 10 heteroatoms. The van der Waals surface area contributed by atoms with Crippen molar-refractivity contribution < 1.29 is 14.4 Å². The van der Waals surface area contributed by atoms with Crippen LogP contribution in [0.5, 0.6) is 0 Å². The van der Waals surface area contributed by atoms with Crippen molar-refractivity contribution in [2.75, 3.05) is 4.90 Å². The average Bonchev–Trinajstić information content (AvgIpc) is 2.95. The molecular weight excluding hydrogens is 471 g/mol. The van der Waals surface area contributed by atoms with E-state index < -0.39 is 17.7 Å². The van der Waals surface area contributed by atoms with Gasteiger partial charge >= 0.3 is 0 Å². The summed E-state index contributed by atoms with van der Waals surface area (Å²) < 4.78 is 1.74. The van der Waals surface area contributed by atoms with Crippen LogP contribution >= 0.6 is 35.4 Å². The third-order valence-corrected chi connectivity index (χ3v) is 5.81. The van der Waals surface area contributed by atoms with Gasteiger partial charge in [-0.1, -0.05) is 41.4 Å². The number of benzene rings is 2. The van der Waals surface area contributed by atoms with Crippen molar-refractivity contribution in [2.45, 2.75) is 13.5 Å². The second-order valence-electron chi connectivity index (χ2n) is 7.15. The molecule has 3 aromatic rings. The van der Waals surface area contributed by atoms with E-state index in [1.807, 2.05) is 24.3 Å². The molecule has 162 valence electrons. The van der Waals surface area contributed by atoms with Gasteiger partial charge in [-0.25, -0.2) is 0 Å². The highest BCUT2D eigenvalue weighted by atomic mass is 35.5. The van der Waals surface area contributed by atoms with Crippen LogP contribution < -0.4 is 16.0 Å². The summed E-state index contributed by atoms with van der Waals surface area (Å²) in [6.45, 7) is 1.76. The number of para-hydroxylation sites is 1. The minimum Gasteiger partial charge on any atom is -0.368 e. The number of hydrogen-bond donors (Lipinski definition) is 2. The maximum absolute atomic E-state index is 13.3. The number of halogens is 2. The summed E-state index contributed by atoms with van der Waals surface area (Å²) in [7, 11) is 0. The summed E-state index contributed by atoms with van der Waals surface area (Å²) in [6, 6.07) is 11.9. The predicted octanol–water partition coefficient (Wildman–Crippen LogP) is 3.57. The number of nitrogens with zero attached hydrogens (tertiary/aromatic N) is 2. The second-order valence-corrected chi connectivity index (χ2v) is 8.41. The van der Waals surface area contributed by atoms with E-state index in [2.05, 4.69) is 5.32 Å². The Morgan fingerprint density at radius 2 is 1.81 bits per heavy atom. The molecule has 0 atom stereocenters. The van der Waals surface area contributed by atoms with Crippen molar-refractivity contribution in [3.05, 3.63) is 69.3 Å². The van der Waals surface area contributed by atoms with Crippen molar-refractivity contribution in [3.63, 3.8) is 0 Å². The fourth-order valence-corrected chi connectivity index (χ4v) is 4.50. The van der Waals surface area contributed by atoms with E-state index in [0.717, 1.165) is 15.8 Å². The number of nitrogens with one attached hydrogen (secondary N) is 1. The summed E-state index contributed by atoms with van der Waals surface area (Å²) in [5, 5.41) is 3.86. The molecule has 32 heavy (non-hydrogen) atoms. The van der Waals surface area contributed by atoms with Crippen LogP contribution in [-0.4, -0.2) is 27.4 Å². The van der Waals surface area contributed by atoms with Crippen LogP contribution in [0.3, 0.4) is 0 Å². The molecule has 0 saturated carbocycles. The number of carbonyl (C=O) groups excluding carboxylic acids is 3. The number of carbonyl (C=O) groups is 3. The summed E-state index contributed by atoms with van der Waals surface area (Å²) in [4.78, 5) is 38.8. The lowest BCUT2D eigenvalue weighted by molar-refractivity contribution is -0.122. The fourth-order valence-electron chi connectivity index (χ4n) is 3.70. The molecule has 0 spiro atoms. The first kappa shape index (κ1) is 22.0. The van der Waals surface area contributed by atoms with E-state index in [4.69, 9.17) is 41.2 Å². The number of primary amides is 1. The molecule has 3 N–H and O–H groups in total. The number of fused-ring (bicyclic) bond motifs is 1. The van der Waals surface area contributed by atoms with Crippen molar-refractivity contribution in [1.29, 1.82) is 0 Å². The van der Waals surface area contributed by atoms with Gasteiger partial charge in [0, 0.05) is 32.2 Å². The molecule has 1 fully saturated rings. The second kappa shape index (κ2) is 8.38. The van der Waals surface area contributed by atoms with Crippen LogP contribution in [0.4, 0.5) is 5.69 Å². The zero-order valence-electron chi connectivity index (χ0n) is 16.7. The Morgan fingerprint density at radius 3 is 2.47 bits per heavy atom. The molecule has 1 aliphatic heterocycles. The molecule has 2 heterocycles. The van der Waals surface area contributed by atoms with Crippen molar-refractivity contribution in [3.8, 4) is 0 Å². The lowest BCUT2D eigenvalue weighted by Crippen LogP contribution is -2.54. The number of amides is 3. The zero-order valence-corrected chi connectivity index (χ0v) is 19.0. The van der Waals surface area contributed by atoms with Gasteiger partial charge in [-0.05, 0) is 49.5 Å². The number of hydrogen-bond acceptors (Lipinski definition) is 4. The Hall–Kier alpha value is -3.20. The maximum atomic E-state index is 13.3. The van der Waals surface area contributed by atoms with Crippen molar-refractivity contribution in [2.24, 2.45) is 5.73 Å². The number of nitrogens with two attached hydrogens (primary N) is 1. The van der Waals surface area contributed by atoms with Crippen LogP contribution in [0.1, 0.15) is 11.3 Å². The van der Waals surface area contributed by atoms with Gasteiger partial charge in [0.1, 0.15) is 12.1 Å². The highest BCUT2D eigenvalue weighted by molar-refractivity contribution is 7.80. The van der Waals surface area contributed by atoms with E-state index in [9.17, 15) is 14.4 Å². The molecule has 2 aromatic carbocycles. The Bertz CT molecular complexity index is 1340. The lowest BCUT2D eigenvalue weighted by atomic mass is 10.0. The van der Waals surface area contributed by atoms with Gasteiger partial charge in [0.25, 0.3) is 11.8 Å². The van der Waals surface area contributed by atoms with Gasteiger partial charge in [0.05, 0.1) is 5.69 Å². The number of aromatic nitrogens is 1. The summed E-state index contributed by atoms with van der Waals surface area (Å²) in [5.41, 5.74) is 7.68. The molecule has 7 nitrogen and oxygen atoms in total. The lowest BCUT2D eigenvalue weighted by Gasteiger charge is -2.29. The standard InChI is InChI=1S/C22H16Cl2N4O3S/c1-11-16(15-4-2-3-5-18(15)27(11)10-19(25)29)9-17-20(30)26-22(32)28(21(17)31)14-7-12(23)6-13(24)8-14/h2-9H,10H2,1H3,(H2,25,29)(H,26,30,32)/b17-9+. The van der Waals surface area contributed by atoms with Crippen LogP contribution in [0.2, 0.25) is 10.0 Å². The molecule has 0 unspecified atom stereocenters. The quantitative estimate of drug-likeness (QED) is 0.334. The first-order chi connectivity index (χ1) is 15.2. The molecular formula is C22H16Cl2N4O3S. The number of thiocarbonyl (C=S) groups is 1. The van der Waals surface area contributed by atoms with Crippen molar-refractivity contribution in [1.82, 2.24) is 9.88 Å². The van der Waals surface area contributed by atoms with E-state index >= 15 is 0 Å². The van der Waals surface area contributed by atoms with Gasteiger partial charge in [0.2, 0.25) is 5.91 Å². The Labute approximate surface area is 198 Å². The predicted molar refractivity (Wildman–Crippen MR) is 129 cm³/mol. The summed E-state index contributed by atoms with van der Waals surface area (Å²) >= 11 is 17.4. The molecule has 0 radical (unpaired) electrons. The average molecular weight is 487 g/mol. The van der Waals surface area contributed by atoms with Crippen LogP contribution in [0.25, 0.3) is 17.0 Å².